The van der Waals surface area contributed by atoms with Gasteiger partial charge in [-0.3, -0.25) is 10.3 Å². The second kappa shape index (κ2) is 8.46. The third kappa shape index (κ3) is 4.40. The Bertz CT molecular complexity index is 1050. The van der Waals surface area contributed by atoms with E-state index in [0.717, 1.165) is 28.2 Å². The van der Waals surface area contributed by atoms with E-state index in [1.54, 1.807) is 25.3 Å². The molecule has 4 rings (SSSR count). The van der Waals surface area contributed by atoms with Crippen LogP contribution in [0.3, 0.4) is 0 Å². The molecule has 1 aliphatic rings. The van der Waals surface area contributed by atoms with Gasteiger partial charge in [-0.1, -0.05) is 35.3 Å². The van der Waals surface area contributed by atoms with Gasteiger partial charge in [-0.2, -0.15) is 0 Å². The molecule has 3 aromatic carbocycles. The average Bonchev–Trinajstić information content (AvgIpc) is 2.75. The minimum Gasteiger partial charge on any atom is -0.508 e. The minimum absolute atomic E-state index is 0.160. The molecule has 29 heavy (non-hydrogen) atoms. The molecule has 0 saturated heterocycles. The molecule has 0 saturated carbocycles. The lowest BCUT2D eigenvalue weighted by Gasteiger charge is -2.31. The van der Waals surface area contributed by atoms with E-state index in [4.69, 9.17) is 32.9 Å². The lowest BCUT2D eigenvalue weighted by Crippen LogP contribution is -2.33. The molecular weight excluding hydrogens is 407 g/mol. The van der Waals surface area contributed by atoms with Crippen LogP contribution in [0.2, 0.25) is 10.0 Å². The molecule has 1 aliphatic heterocycles. The molecule has 0 spiro atoms. The summed E-state index contributed by atoms with van der Waals surface area (Å²) in [7, 11) is 1.64. The molecule has 148 valence electrons. The summed E-state index contributed by atoms with van der Waals surface area (Å²) in [5.41, 5.74) is 3.63. The lowest BCUT2D eigenvalue weighted by molar-refractivity contribution is 0.412. The smallest absolute Gasteiger partial charge is 0.126 e. The number of phenolic OH excluding ortho intramolecular Hbond substituents is 1. The van der Waals surface area contributed by atoms with E-state index < -0.39 is 0 Å². The summed E-state index contributed by atoms with van der Waals surface area (Å²) in [5.74, 6) is 0.992. The number of halogens is 2. The molecule has 3 aromatic rings. The van der Waals surface area contributed by atoms with Gasteiger partial charge in [0.25, 0.3) is 0 Å². The van der Waals surface area contributed by atoms with E-state index in [1.165, 1.54) is 0 Å². The van der Waals surface area contributed by atoms with Crippen LogP contribution < -0.4 is 10.1 Å². The normalized spacial score (nSPS) is 18.9. The van der Waals surface area contributed by atoms with Gasteiger partial charge in [-0.05, 0) is 65.7 Å². The van der Waals surface area contributed by atoms with Gasteiger partial charge in [0.15, 0.2) is 0 Å². The zero-order chi connectivity index (χ0) is 20.4. The van der Waals surface area contributed by atoms with Crippen molar-refractivity contribution in [2.75, 3.05) is 7.11 Å². The van der Waals surface area contributed by atoms with Crippen LogP contribution >= 0.6 is 23.2 Å². The van der Waals surface area contributed by atoms with Gasteiger partial charge in [0.05, 0.1) is 7.11 Å². The molecule has 0 amide bonds. The molecular formula is C23H20Cl2N2O2. The van der Waals surface area contributed by atoms with Gasteiger partial charge in [-0.15, -0.1) is 0 Å². The summed E-state index contributed by atoms with van der Waals surface area (Å²) in [6, 6.07) is 20.4. The predicted molar refractivity (Wildman–Crippen MR) is 117 cm³/mol. The maximum Gasteiger partial charge on any atom is 0.126 e. The Balaban J connectivity index is 1.76. The van der Waals surface area contributed by atoms with Crippen molar-refractivity contribution in [1.82, 2.24) is 5.32 Å². The highest BCUT2D eigenvalue weighted by atomic mass is 35.5. The summed E-state index contributed by atoms with van der Waals surface area (Å²) in [6.07, 6.45) is 0.306. The van der Waals surface area contributed by atoms with Gasteiger partial charge < -0.3 is 9.84 Å². The lowest BCUT2D eigenvalue weighted by atomic mass is 9.93. The molecule has 1 heterocycles. The molecule has 0 aliphatic carbocycles. The number of methoxy groups -OCH3 is 1. The number of aliphatic imine (C=N–C) groups is 1. The molecule has 4 nitrogen and oxygen atoms in total. The van der Waals surface area contributed by atoms with Crippen LogP contribution in [0, 0.1) is 0 Å². The maximum atomic E-state index is 10.4. The highest BCUT2D eigenvalue weighted by molar-refractivity contribution is 6.31. The van der Waals surface area contributed by atoms with Crippen molar-refractivity contribution >= 4 is 28.9 Å². The first-order valence-corrected chi connectivity index (χ1v) is 10.00. The van der Waals surface area contributed by atoms with Crippen LogP contribution in [0.4, 0.5) is 0 Å². The average molecular weight is 427 g/mol. The highest BCUT2D eigenvalue weighted by Crippen LogP contribution is 2.36. The summed E-state index contributed by atoms with van der Waals surface area (Å²) in [6.45, 7) is 0. The minimum atomic E-state index is -0.303. The van der Waals surface area contributed by atoms with Gasteiger partial charge >= 0.3 is 0 Å². The van der Waals surface area contributed by atoms with Crippen molar-refractivity contribution < 1.29 is 9.84 Å². The zero-order valence-corrected chi connectivity index (χ0v) is 17.3. The summed E-state index contributed by atoms with van der Waals surface area (Å²) in [4.78, 5) is 4.94. The van der Waals surface area contributed by atoms with Crippen LogP contribution in [0.5, 0.6) is 11.5 Å². The van der Waals surface area contributed by atoms with Crippen molar-refractivity contribution in [2.24, 2.45) is 4.99 Å². The Kier molecular flexibility index (Phi) is 5.76. The molecule has 6 heteroatoms. The largest absolute Gasteiger partial charge is 0.508 e. The van der Waals surface area contributed by atoms with E-state index in [2.05, 4.69) is 5.32 Å². The standard InChI is InChI=1S/C23H20Cl2N2O2/c1-29-18-8-5-14(6-9-18)20-13-21(19-12-17(25)7-10-22(19)28)27-23(26-20)15-3-2-4-16(24)11-15/h2-12,21,23,27-28H,13H2,1H3/t21-,23-/m0/s1. The van der Waals surface area contributed by atoms with Crippen molar-refractivity contribution in [2.45, 2.75) is 18.6 Å². The molecule has 0 radical (unpaired) electrons. The van der Waals surface area contributed by atoms with Crippen molar-refractivity contribution in [3.63, 3.8) is 0 Å². The van der Waals surface area contributed by atoms with Crippen LogP contribution in [-0.4, -0.2) is 17.9 Å². The number of hydrogen-bond donors (Lipinski definition) is 2. The Hall–Kier alpha value is -2.53. The molecule has 0 unspecified atom stereocenters. The molecule has 0 fully saturated rings. The SMILES string of the molecule is COc1ccc(C2=N[C@H](c3cccc(Cl)c3)N[C@H](c3cc(Cl)ccc3O)C2)cc1. The van der Waals surface area contributed by atoms with Crippen LogP contribution in [-0.2, 0) is 0 Å². The number of aromatic hydroxyl groups is 1. The van der Waals surface area contributed by atoms with Crippen LogP contribution in [0.15, 0.2) is 71.7 Å². The van der Waals surface area contributed by atoms with Crippen molar-refractivity contribution in [1.29, 1.82) is 0 Å². The number of benzene rings is 3. The third-order valence-electron chi connectivity index (χ3n) is 4.99. The Morgan fingerprint density at radius 2 is 1.76 bits per heavy atom. The van der Waals surface area contributed by atoms with Crippen molar-refractivity contribution in [3.8, 4) is 11.5 Å². The number of nitrogens with zero attached hydrogens (tertiary/aromatic N) is 1. The number of hydrogen-bond acceptors (Lipinski definition) is 4. The van der Waals surface area contributed by atoms with Crippen molar-refractivity contribution in [3.05, 3.63) is 93.5 Å². The molecule has 2 atom stereocenters. The third-order valence-corrected chi connectivity index (χ3v) is 5.46. The first kappa shape index (κ1) is 19.8. The second-order valence-corrected chi connectivity index (χ2v) is 7.76. The number of nitrogens with one attached hydrogen (secondary N) is 1. The molecule has 0 aromatic heterocycles. The highest BCUT2D eigenvalue weighted by Gasteiger charge is 2.28. The zero-order valence-electron chi connectivity index (χ0n) is 15.8. The van der Waals surface area contributed by atoms with Gasteiger partial charge in [0, 0.05) is 33.8 Å². The monoisotopic (exact) mass is 426 g/mol. The maximum absolute atomic E-state index is 10.4. The fraction of sp³-hybridized carbons (Fsp3) is 0.174. The van der Waals surface area contributed by atoms with Crippen LogP contribution in [0.25, 0.3) is 0 Å². The summed E-state index contributed by atoms with van der Waals surface area (Å²) in [5, 5.41) is 15.2. The molecule has 0 bridgehead atoms. The fourth-order valence-electron chi connectivity index (χ4n) is 3.52. The number of phenols is 1. The summed E-state index contributed by atoms with van der Waals surface area (Å²) >= 11 is 12.4. The van der Waals surface area contributed by atoms with Gasteiger partial charge in [0.1, 0.15) is 17.7 Å². The predicted octanol–water partition coefficient (Wildman–Crippen LogP) is 5.93. The van der Waals surface area contributed by atoms with E-state index in [9.17, 15) is 5.11 Å². The first-order chi connectivity index (χ1) is 14.0. The fourth-order valence-corrected chi connectivity index (χ4v) is 3.90. The molecule has 2 N–H and O–H groups in total. The Morgan fingerprint density at radius 3 is 2.48 bits per heavy atom. The van der Waals surface area contributed by atoms with E-state index in [-0.39, 0.29) is 18.0 Å². The van der Waals surface area contributed by atoms with E-state index >= 15 is 0 Å². The summed E-state index contributed by atoms with van der Waals surface area (Å²) < 4.78 is 5.26. The van der Waals surface area contributed by atoms with E-state index in [1.807, 2.05) is 48.5 Å². The van der Waals surface area contributed by atoms with Gasteiger partial charge in [0.2, 0.25) is 0 Å². The Morgan fingerprint density at radius 1 is 1.00 bits per heavy atom. The first-order valence-electron chi connectivity index (χ1n) is 9.24. The topological polar surface area (TPSA) is 53.8 Å². The quantitative estimate of drug-likeness (QED) is 0.543. The number of ether oxygens (including phenoxy) is 1. The van der Waals surface area contributed by atoms with E-state index in [0.29, 0.717) is 16.5 Å². The van der Waals surface area contributed by atoms with Gasteiger partial charge in [-0.25, -0.2) is 0 Å². The Labute approximate surface area is 179 Å². The number of rotatable bonds is 4. The van der Waals surface area contributed by atoms with Crippen LogP contribution in [0.1, 0.15) is 35.3 Å². The second-order valence-electron chi connectivity index (χ2n) is 6.89.